The predicted octanol–water partition coefficient (Wildman–Crippen LogP) is 1.24. The van der Waals surface area contributed by atoms with Gasteiger partial charge in [0.1, 0.15) is 0 Å². The van der Waals surface area contributed by atoms with Crippen molar-refractivity contribution in [3.05, 3.63) is 0 Å². The molecule has 1 unspecified atom stereocenters. The molecule has 0 radical (unpaired) electrons. The Morgan fingerprint density at radius 2 is 2.11 bits per heavy atom. The zero-order valence-corrected chi connectivity index (χ0v) is 6.60. The molecule has 0 rings (SSSR count). The van der Waals surface area contributed by atoms with Gasteiger partial charge in [-0.2, -0.15) is 0 Å². The van der Waals surface area contributed by atoms with E-state index in [-0.39, 0.29) is 0 Å². The quantitative estimate of drug-likeness (QED) is 0.559. The maximum Gasteiger partial charge on any atom is 0.0988 e. The first-order valence-electron chi connectivity index (χ1n) is 3.21. The lowest BCUT2D eigenvalue weighted by molar-refractivity contribution is 0.127. The lowest BCUT2D eigenvalue weighted by Gasteiger charge is -2.20. The molecule has 0 saturated heterocycles. The Labute approximate surface area is 56.6 Å². The molecule has 0 aromatic rings. The van der Waals surface area contributed by atoms with Crippen LogP contribution in [0.25, 0.3) is 0 Å². The van der Waals surface area contributed by atoms with Gasteiger partial charge < -0.3 is 5.11 Å². The van der Waals surface area contributed by atoms with Crippen molar-refractivity contribution in [3.63, 3.8) is 0 Å². The van der Waals surface area contributed by atoms with E-state index in [1.807, 2.05) is 13.8 Å². The molecular formula is C7H15NO. The van der Waals surface area contributed by atoms with Gasteiger partial charge >= 0.3 is 0 Å². The number of hydrogen-bond donors (Lipinski definition) is 1. The van der Waals surface area contributed by atoms with Crippen LogP contribution in [0.3, 0.4) is 0 Å². The van der Waals surface area contributed by atoms with Gasteiger partial charge in [-0.05, 0) is 20.3 Å². The zero-order valence-electron chi connectivity index (χ0n) is 6.60. The highest BCUT2D eigenvalue weighted by Crippen LogP contribution is 2.09. The van der Waals surface area contributed by atoms with Crippen molar-refractivity contribution < 1.29 is 5.11 Å². The summed E-state index contributed by atoms with van der Waals surface area (Å²) >= 11 is 0. The fraction of sp³-hybridized carbons (Fsp3) is 0.857. The van der Waals surface area contributed by atoms with Crippen LogP contribution in [0.4, 0.5) is 0 Å². The average Bonchev–Trinajstić information content (AvgIpc) is 1.86. The number of nitrogens with zero attached hydrogens (tertiary/aromatic N) is 1. The standard InChI is InChI=1S/C7H15NO/c1-5-7(3,9)6(2)8-4/h9H,5H2,1-4H3. The molecule has 0 aliphatic carbocycles. The smallest absolute Gasteiger partial charge is 0.0988 e. The van der Waals surface area contributed by atoms with Crippen LogP contribution in [0.1, 0.15) is 27.2 Å². The van der Waals surface area contributed by atoms with Crippen LogP contribution in [-0.2, 0) is 0 Å². The van der Waals surface area contributed by atoms with Crippen molar-refractivity contribution in [3.8, 4) is 0 Å². The summed E-state index contributed by atoms with van der Waals surface area (Å²) in [6, 6.07) is 0. The molecule has 2 heteroatoms. The molecule has 0 aromatic heterocycles. The SMILES string of the molecule is CCC(C)(O)C(C)=NC. The second kappa shape index (κ2) is 2.97. The van der Waals surface area contributed by atoms with Crippen molar-refractivity contribution in [2.45, 2.75) is 32.8 Å². The predicted molar refractivity (Wildman–Crippen MR) is 39.9 cm³/mol. The van der Waals surface area contributed by atoms with Gasteiger partial charge in [0.15, 0.2) is 0 Å². The van der Waals surface area contributed by atoms with E-state index in [2.05, 4.69) is 4.99 Å². The van der Waals surface area contributed by atoms with Crippen LogP contribution in [0.15, 0.2) is 4.99 Å². The van der Waals surface area contributed by atoms with Crippen LogP contribution in [-0.4, -0.2) is 23.5 Å². The summed E-state index contributed by atoms with van der Waals surface area (Å²) in [6.45, 7) is 5.55. The Bertz CT molecular complexity index is 116. The van der Waals surface area contributed by atoms with Crippen molar-refractivity contribution in [1.82, 2.24) is 0 Å². The fourth-order valence-electron chi connectivity index (χ4n) is 0.497. The maximum atomic E-state index is 9.46. The summed E-state index contributed by atoms with van der Waals surface area (Å²) in [7, 11) is 1.69. The Hall–Kier alpha value is -0.370. The molecule has 0 spiro atoms. The minimum absolute atomic E-state index is 0.700. The van der Waals surface area contributed by atoms with E-state index < -0.39 is 5.60 Å². The molecule has 0 bridgehead atoms. The van der Waals surface area contributed by atoms with E-state index >= 15 is 0 Å². The Kier molecular flexibility index (Phi) is 2.85. The van der Waals surface area contributed by atoms with E-state index in [4.69, 9.17) is 0 Å². The number of hydrogen-bond acceptors (Lipinski definition) is 2. The zero-order chi connectivity index (χ0) is 7.49. The minimum atomic E-state index is -0.700. The summed E-state index contributed by atoms with van der Waals surface area (Å²) in [5.41, 5.74) is 0.0966. The molecule has 0 amide bonds. The molecule has 0 aromatic carbocycles. The first kappa shape index (κ1) is 8.63. The third-order valence-electron chi connectivity index (χ3n) is 1.80. The van der Waals surface area contributed by atoms with Gasteiger partial charge in [0, 0.05) is 12.8 Å². The third-order valence-corrected chi connectivity index (χ3v) is 1.80. The van der Waals surface area contributed by atoms with Gasteiger partial charge in [-0.3, -0.25) is 4.99 Å². The molecule has 1 N–H and O–H groups in total. The van der Waals surface area contributed by atoms with Crippen LogP contribution < -0.4 is 0 Å². The molecule has 0 heterocycles. The molecule has 54 valence electrons. The van der Waals surface area contributed by atoms with Crippen molar-refractivity contribution in [1.29, 1.82) is 0 Å². The summed E-state index contributed by atoms with van der Waals surface area (Å²) in [5, 5.41) is 9.46. The van der Waals surface area contributed by atoms with Gasteiger partial charge in [-0.25, -0.2) is 0 Å². The molecule has 9 heavy (non-hydrogen) atoms. The summed E-state index contributed by atoms with van der Waals surface area (Å²) < 4.78 is 0. The molecular weight excluding hydrogens is 114 g/mol. The van der Waals surface area contributed by atoms with Gasteiger partial charge in [-0.1, -0.05) is 6.92 Å². The van der Waals surface area contributed by atoms with Gasteiger partial charge in [0.05, 0.1) is 5.60 Å². The second-order valence-electron chi connectivity index (χ2n) is 2.44. The summed E-state index contributed by atoms with van der Waals surface area (Å²) in [5.74, 6) is 0. The van der Waals surface area contributed by atoms with Crippen molar-refractivity contribution >= 4 is 5.71 Å². The summed E-state index contributed by atoms with van der Waals surface area (Å²) in [6.07, 6.45) is 0.718. The average molecular weight is 129 g/mol. The maximum absolute atomic E-state index is 9.46. The monoisotopic (exact) mass is 129 g/mol. The highest BCUT2D eigenvalue weighted by Gasteiger charge is 2.19. The minimum Gasteiger partial charge on any atom is -0.384 e. The number of rotatable bonds is 2. The van der Waals surface area contributed by atoms with E-state index in [0.29, 0.717) is 0 Å². The summed E-state index contributed by atoms with van der Waals surface area (Å²) in [4.78, 5) is 3.90. The van der Waals surface area contributed by atoms with Crippen molar-refractivity contribution in [2.75, 3.05) is 7.05 Å². The molecule has 1 atom stereocenters. The van der Waals surface area contributed by atoms with Gasteiger partial charge in [0.2, 0.25) is 0 Å². The fourth-order valence-corrected chi connectivity index (χ4v) is 0.497. The normalized spacial score (nSPS) is 19.4. The van der Waals surface area contributed by atoms with Crippen LogP contribution >= 0.6 is 0 Å². The second-order valence-corrected chi connectivity index (χ2v) is 2.44. The highest BCUT2D eigenvalue weighted by molar-refractivity contribution is 5.89. The van der Waals surface area contributed by atoms with Crippen LogP contribution in [0.5, 0.6) is 0 Å². The van der Waals surface area contributed by atoms with Gasteiger partial charge in [0.25, 0.3) is 0 Å². The molecule has 0 aliphatic rings. The molecule has 0 aliphatic heterocycles. The first-order chi connectivity index (χ1) is 4.04. The topological polar surface area (TPSA) is 32.6 Å². The Morgan fingerprint density at radius 3 is 2.22 bits per heavy atom. The molecule has 0 saturated carbocycles. The van der Waals surface area contributed by atoms with E-state index in [9.17, 15) is 5.11 Å². The van der Waals surface area contributed by atoms with Crippen LogP contribution in [0.2, 0.25) is 0 Å². The lowest BCUT2D eigenvalue weighted by Crippen LogP contribution is -2.31. The van der Waals surface area contributed by atoms with Gasteiger partial charge in [-0.15, -0.1) is 0 Å². The van der Waals surface area contributed by atoms with Crippen LogP contribution in [0, 0.1) is 0 Å². The third kappa shape index (κ3) is 2.14. The largest absolute Gasteiger partial charge is 0.384 e. The molecule has 0 fully saturated rings. The van der Waals surface area contributed by atoms with Crippen molar-refractivity contribution in [2.24, 2.45) is 4.99 Å². The van der Waals surface area contributed by atoms with E-state index in [1.54, 1.807) is 14.0 Å². The first-order valence-corrected chi connectivity index (χ1v) is 3.21. The lowest BCUT2D eigenvalue weighted by atomic mass is 9.98. The Balaban J connectivity index is 4.14. The highest BCUT2D eigenvalue weighted by atomic mass is 16.3. The Morgan fingerprint density at radius 1 is 1.67 bits per heavy atom. The van der Waals surface area contributed by atoms with E-state index in [0.717, 1.165) is 12.1 Å². The number of aliphatic imine (C=N–C) groups is 1. The van der Waals surface area contributed by atoms with E-state index in [1.165, 1.54) is 0 Å². The number of aliphatic hydroxyl groups is 1. The molecule has 2 nitrogen and oxygen atoms in total.